The molecule has 30 heavy (non-hydrogen) atoms. The second-order valence-corrected chi connectivity index (χ2v) is 8.34. The Bertz CT molecular complexity index is 1120. The smallest absolute Gasteiger partial charge is 0.263 e. The second kappa shape index (κ2) is 9.05. The second-order valence-electron chi connectivity index (χ2n) is 7.34. The lowest BCUT2D eigenvalue weighted by atomic mass is 10.0. The van der Waals surface area contributed by atoms with Gasteiger partial charge in [0, 0.05) is 25.2 Å². The molecular formula is C24H24N4OS. The van der Waals surface area contributed by atoms with Crippen molar-refractivity contribution in [2.24, 2.45) is 0 Å². The maximum Gasteiger partial charge on any atom is 0.263 e. The van der Waals surface area contributed by atoms with E-state index >= 15 is 0 Å². The Morgan fingerprint density at radius 3 is 2.50 bits per heavy atom. The number of hydrogen-bond donors (Lipinski definition) is 1. The summed E-state index contributed by atoms with van der Waals surface area (Å²) in [5.41, 5.74) is 3.88. The van der Waals surface area contributed by atoms with Crippen molar-refractivity contribution in [1.29, 1.82) is 0 Å². The summed E-state index contributed by atoms with van der Waals surface area (Å²) in [7, 11) is 0. The van der Waals surface area contributed by atoms with Crippen molar-refractivity contribution in [3.05, 3.63) is 94.6 Å². The molecule has 0 aliphatic carbocycles. The lowest BCUT2D eigenvalue weighted by Gasteiger charge is -2.11. The number of benzene rings is 2. The highest BCUT2D eigenvalue weighted by Crippen LogP contribution is 2.27. The normalized spacial score (nSPS) is 11.9. The first-order valence-corrected chi connectivity index (χ1v) is 10.8. The van der Waals surface area contributed by atoms with Gasteiger partial charge in [-0.2, -0.15) is 5.10 Å². The molecule has 2 aromatic heterocycles. The van der Waals surface area contributed by atoms with E-state index in [1.807, 2.05) is 60.3 Å². The molecule has 0 bridgehead atoms. The summed E-state index contributed by atoms with van der Waals surface area (Å²) < 4.78 is 1.94. The number of amides is 1. The van der Waals surface area contributed by atoms with Gasteiger partial charge in [0.2, 0.25) is 0 Å². The minimum Gasteiger partial charge on any atom is -0.347 e. The maximum atomic E-state index is 12.6. The van der Waals surface area contributed by atoms with Crippen LogP contribution in [0.1, 0.15) is 39.3 Å². The Morgan fingerprint density at radius 2 is 1.77 bits per heavy atom. The third-order valence-corrected chi connectivity index (χ3v) is 6.17. The molecule has 0 saturated carbocycles. The molecule has 5 nitrogen and oxygen atoms in total. The highest BCUT2D eigenvalue weighted by atomic mass is 32.1. The summed E-state index contributed by atoms with van der Waals surface area (Å²) in [5, 5.41) is 8.43. The van der Waals surface area contributed by atoms with Crippen molar-refractivity contribution < 1.29 is 4.79 Å². The fourth-order valence-corrected chi connectivity index (χ4v) is 4.27. The van der Waals surface area contributed by atoms with Gasteiger partial charge >= 0.3 is 0 Å². The molecule has 0 aliphatic rings. The van der Waals surface area contributed by atoms with Crippen molar-refractivity contribution in [2.75, 3.05) is 0 Å². The lowest BCUT2D eigenvalue weighted by Crippen LogP contribution is -2.22. The van der Waals surface area contributed by atoms with Crippen LogP contribution in [0.3, 0.4) is 0 Å². The molecule has 0 radical (unpaired) electrons. The molecular weight excluding hydrogens is 392 g/mol. The molecule has 4 aromatic rings. The van der Waals surface area contributed by atoms with Crippen molar-refractivity contribution in [3.8, 4) is 10.7 Å². The van der Waals surface area contributed by atoms with Gasteiger partial charge in [-0.1, -0.05) is 67.6 Å². The summed E-state index contributed by atoms with van der Waals surface area (Å²) in [6.45, 7) is 5.35. The van der Waals surface area contributed by atoms with Gasteiger partial charge in [0.15, 0.2) is 0 Å². The van der Waals surface area contributed by atoms with Crippen LogP contribution in [0.5, 0.6) is 0 Å². The minimum atomic E-state index is -0.0998. The van der Waals surface area contributed by atoms with E-state index in [-0.39, 0.29) is 5.91 Å². The van der Waals surface area contributed by atoms with Crippen molar-refractivity contribution in [3.63, 3.8) is 0 Å². The molecule has 0 fully saturated rings. The van der Waals surface area contributed by atoms with Gasteiger partial charge in [-0.3, -0.25) is 9.48 Å². The highest BCUT2D eigenvalue weighted by molar-refractivity contribution is 7.17. The molecule has 1 N–H and O–H groups in total. The molecule has 0 spiro atoms. The van der Waals surface area contributed by atoms with Gasteiger partial charge in [-0.15, -0.1) is 11.3 Å². The summed E-state index contributed by atoms with van der Waals surface area (Å²) >= 11 is 1.39. The van der Waals surface area contributed by atoms with E-state index in [2.05, 4.69) is 46.6 Å². The first-order valence-electron chi connectivity index (χ1n) is 9.98. The largest absolute Gasteiger partial charge is 0.347 e. The van der Waals surface area contributed by atoms with Crippen LogP contribution in [-0.4, -0.2) is 20.7 Å². The van der Waals surface area contributed by atoms with Gasteiger partial charge in [-0.25, -0.2) is 4.98 Å². The van der Waals surface area contributed by atoms with Gasteiger partial charge in [0.25, 0.3) is 5.91 Å². The number of carbonyl (C=O) groups is 1. The number of carbonyl (C=O) groups excluding carboxylic acids is 1. The molecule has 0 aliphatic heterocycles. The number of hydrogen-bond acceptors (Lipinski definition) is 4. The Labute approximate surface area is 180 Å². The molecule has 4 rings (SSSR count). The van der Waals surface area contributed by atoms with Gasteiger partial charge in [0.05, 0.1) is 5.69 Å². The number of rotatable bonds is 7. The SMILES string of the molecule is Cc1nc(-c2ccn(C[C@@H](C)c3ccccc3)n2)sc1C(=O)NCc1ccccc1. The molecule has 0 unspecified atom stereocenters. The number of aromatic nitrogens is 3. The highest BCUT2D eigenvalue weighted by Gasteiger charge is 2.18. The Morgan fingerprint density at radius 1 is 1.07 bits per heavy atom. The molecule has 152 valence electrons. The predicted molar refractivity (Wildman–Crippen MR) is 121 cm³/mol. The molecule has 6 heteroatoms. The van der Waals surface area contributed by atoms with Crippen LogP contribution in [0, 0.1) is 6.92 Å². The van der Waals surface area contributed by atoms with E-state index in [1.54, 1.807) is 0 Å². The zero-order chi connectivity index (χ0) is 20.9. The molecule has 2 aromatic carbocycles. The minimum absolute atomic E-state index is 0.0998. The molecule has 0 saturated heterocycles. The van der Waals surface area contributed by atoms with E-state index in [0.29, 0.717) is 17.3 Å². The molecule has 2 heterocycles. The van der Waals surface area contributed by atoms with Crippen LogP contribution in [-0.2, 0) is 13.1 Å². The van der Waals surface area contributed by atoms with Crippen LogP contribution in [0.15, 0.2) is 72.9 Å². The third-order valence-electron chi connectivity index (χ3n) is 4.99. The average Bonchev–Trinajstić information content (AvgIpc) is 3.40. The van der Waals surface area contributed by atoms with Crippen LogP contribution in [0.2, 0.25) is 0 Å². The molecule has 1 amide bonds. The maximum absolute atomic E-state index is 12.6. The van der Waals surface area contributed by atoms with E-state index in [4.69, 9.17) is 0 Å². The van der Waals surface area contributed by atoms with Crippen LogP contribution in [0.25, 0.3) is 10.7 Å². The zero-order valence-corrected chi connectivity index (χ0v) is 17.9. The Balaban J connectivity index is 1.43. The summed E-state index contributed by atoms with van der Waals surface area (Å²) in [4.78, 5) is 17.8. The number of thiazole rings is 1. The van der Waals surface area contributed by atoms with Crippen molar-refractivity contribution in [2.45, 2.75) is 32.9 Å². The molecule has 1 atom stereocenters. The summed E-state index contributed by atoms with van der Waals surface area (Å²) in [6, 6.07) is 22.3. The van der Waals surface area contributed by atoms with Crippen LogP contribution >= 0.6 is 11.3 Å². The average molecular weight is 417 g/mol. The first-order chi connectivity index (χ1) is 14.6. The zero-order valence-electron chi connectivity index (χ0n) is 17.1. The van der Waals surface area contributed by atoms with E-state index < -0.39 is 0 Å². The fourth-order valence-electron chi connectivity index (χ4n) is 3.32. The van der Waals surface area contributed by atoms with Crippen molar-refractivity contribution in [1.82, 2.24) is 20.1 Å². The van der Waals surface area contributed by atoms with Gasteiger partial charge in [-0.05, 0) is 24.1 Å². The summed E-state index contributed by atoms with van der Waals surface area (Å²) in [5.74, 6) is 0.258. The van der Waals surface area contributed by atoms with Crippen molar-refractivity contribution >= 4 is 17.2 Å². The van der Waals surface area contributed by atoms with Crippen LogP contribution < -0.4 is 5.32 Å². The van der Waals surface area contributed by atoms with Gasteiger partial charge < -0.3 is 5.32 Å². The number of nitrogens with one attached hydrogen (secondary N) is 1. The monoisotopic (exact) mass is 416 g/mol. The van der Waals surface area contributed by atoms with E-state index in [0.717, 1.165) is 28.5 Å². The topological polar surface area (TPSA) is 59.8 Å². The predicted octanol–water partition coefficient (Wildman–Crippen LogP) is 5.05. The van der Waals surface area contributed by atoms with E-state index in [1.165, 1.54) is 16.9 Å². The van der Waals surface area contributed by atoms with Gasteiger partial charge in [0.1, 0.15) is 15.6 Å². The summed E-state index contributed by atoms with van der Waals surface area (Å²) in [6.07, 6.45) is 1.97. The van der Waals surface area contributed by atoms with E-state index in [9.17, 15) is 4.79 Å². The third kappa shape index (κ3) is 4.66. The Kier molecular flexibility index (Phi) is 6.05. The standard InChI is InChI=1S/C24H24N4OS/c1-17(20-11-7-4-8-12-20)16-28-14-13-21(27-28)24-26-18(2)22(30-24)23(29)25-15-19-9-5-3-6-10-19/h3-14,17H,15-16H2,1-2H3,(H,25,29)/t17-/m1/s1. The fraction of sp³-hybridized carbons (Fsp3) is 0.208. The number of aryl methyl sites for hydroxylation is 1. The van der Waals surface area contributed by atoms with Crippen LogP contribution in [0.4, 0.5) is 0 Å². The quantitative estimate of drug-likeness (QED) is 0.459. The lowest BCUT2D eigenvalue weighted by molar-refractivity contribution is 0.0954. The first kappa shape index (κ1) is 20.0. The Hall–Kier alpha value is -3.25. The number of nitrogens with zero attached hydrogens (tertiary/aromatic N) is 3.